The summed E-state index contributed by atoms with van der Waals surface area (Å²) < 4.78 is 1.75. The Kier molecular flexibility index (Phi) is 5.10. The zero-order valence-electron chi connectivity index (χ0n) is 18.0. The van der Waals surface area contributed by atoms with Crippen molar-refractivity contribution in [2.24, 2.45) is 0 Å². The van der Waals surface area contributed by atoms with Crippen molar-refractivity contribution in [1.29, 1.82) is 0 Å². The van der Waals surface area contributed by atoms with Gasteiger partial charge in [0.15, 0.2) is 0 Å². The third kappa shape index (κ3) is 4.11. The number of aromatic nitrogens is 5. The predicted octanol–water partition coefficient (Wildman–Crippen LogP) is 2.96. The topological polar surface area (TPSA) is 88.8 Å². The van der Waals surface area contributed by atoms with Gasteiger partial charge in [0.2, 0.25) is 5.95 Å². The van der Waals surface area contributed by atoms with Crippen molar-refractivity contribution in [3.63, 3.8) is 0 Å². The van der Waals surface area contributed by atoms with Crippen molar-refractivity contribution in [3.05, 3.63) is 87.4 Å². The molecule has 0 unspecified atom stereocenters. The van der Waals surface area contributed by atoms with Gasteiger partial charge in [-0.1, -0.05) is 24.3 Å². The van der Waals surface area contributed by atoms with E-state index in [2.05, 4.69) is 44.6 Å². The van der Waals surface area contributed by atoms with Crippen molar-refractivity contribution >= 4 is 23.2 Å². The fourth-order valence-electron chi connectivity index (χ4n) is 4.63. The molecule has 4 heterocycles. The second kappa shape index (κ2) is 8.40. The SMILES string of the molecule is O=C(c1cnn(Cc2cscn2)c1)N1CCc2nc(NC3Cc4ccccc4C3)ncc2C1. The number of rotatable bonds is 5. The van der Waals surface area contributed by atoms with Gasteiger partial charge >= 0.3 is 0 Å². The molecular weight excluding hydrogens is 434 g/mol. The number of nitrogens with zero attached hydrogens (tertiary/aromatic N) is 6. The second-order valence-corrected chi connectivity index (χ2v) is 9.29. The smallest absolute Gasteiger partial charge is 0.257 e. The lowest BCUT2D eigenvalue weighted by Gasteiger charge is -2.28. The molecule has 0 atom stereocenters. The van der Waals surface area contributed by atoms with Crippen molar-refractivity contribution in [3.8, 4) is 0 Å². The monoisotopic (exact) mass is 457 g/mol. The summed E-state index contributed by atoms with van der Waals surface area (Å²) in [6, 6.07) is 8.89. The third-order valence-corrected chi connectivity index (χ3v) is 6.93. The van der Waals surface area contributed by atoms with Crippen LogP contribution in [-0.4, -0.2) is 48.1 Å². The number of fused-ring (bicyclic) bond motifs is 2. The molecule has 33 heavy (non-hydrogen) atoms. The maximum absolute atomic E-state index is 13.0. The Labute approximate surface area is 195 Å². The summed E-state index contributed by atoms with van der Waals surface area (Å²) in [5.41, 5.74) is 8.15. The highest BCUT2D eigenvalue weighted by Crippen LogP contribution is 2.25. The Morgan fingerprint density at radius 1 is 1.12 bits per heavy atom. The highest BCUT2D eigenvalue weighted by atomic mass is 32.1. The fraction of sp³-hybridized carbons (Fsp3) is 0.292. The molecule has 0 saturated heterocycles. The van der Waals surface area contributed by atoms with Crippen LogP contribution in [0.4, 0.5) is 5.95 Å². The molecule has 2 aliphatic rings. The quantitative estimate of drug-likeness (QED) is 0.496. The standard InChI is InChI=1S/C24H23N7OS/c32-23(19-10-27-31(12-19)13-21-14-33-15-26-21)30-6-5-22-18(11-30)9-25-24(29-22)28-20-7-16-3-1-2-4-17(16)8-20/h1-4,9-10,12,14-15,20H,5-8,11,13H2,(H,25,28,29). The van der Waals surface area contributed by atoms with Gasteiger partial charge in [-0.25, -0.2) is 15.0 Å². The summed E-state index contributed by atoms with van der Waals surface area (Å²) in [6.07, 6.45) is 7.99. The van der Waals surface area contributed by atoms with E-state index in [4.69, 9.17) is 4.98 Å². The average Bonchev–Trinajstić information content (AvgIpc) is 3.59. The van der Waals surface area contributed by atoms with Crippen molar-refractivity contribution in [2.75, 3.05) is 11.9 Å². The number of benzene rings is 1. The second-order valence-electron chi connectivity index (χ2n) is 8.57. The van der Waals surface area contributed by atoms with Crippen LogP contribution in [0.15, 0.2) is 53.7 Å². The Hall–Kier alpha value is -3.59. The first-order valence-corrected chi connectivity index (χ1v) is 12.0. The lowest BCUT2D eigenvalue weighted by Crippen LogP contribution is -2.36. The molecule has 1 aliphatic carbocycles. The first-order valence-electron chi connectivity index (χ1n) is 11.1. The summed E-state index contributed by atoms with van der Waals surface area (Å²) in [7, 11) is 0. The lowest BCUT2D eigenvalue weighted by molar-refractivity contribution is 0.0733. The molecule has 0 saturated carbocycles. The number of anilines is 1. The number of hydrogen-bond acceptors (Lipinski definition) is 7. The Balaban J connectivity index is 1.10. The Morgan fingerprint density at radius 3 is 2.76 bits per heavy atom. The van der Waals surface area contributed by atoms with E-state index in [1.165, 1.54) is 11.1 Å². The fourth-order valence-corrected chi connectivity index (χ4v) is 5.18. The zero-order chi connectivity index (χ0) is 22.2. The zero-order valence-corrected chi connectivity index (χ0v) is 18.8. The molecule has 166 valence electrons. The van der Waals surface area contributed by atoms with Gasteiger partial charge in [-0.2, -0.15) is 5.10 Å². The van der Waals surface area contributed by atoms with E-state index in [9.17, 15) is 4.79 Å². The Bertz CT molecular complexity index is 1270. The van der Waals surface area contributed by atoms with E-state index >= 15 is 0 Å². The van der Waals surface area contributed by atoms with Gasteiger partial charge in [0.25, 0.3) is 5.91 Å². The van der Waals surface area contributed by atoms with Crippen molar-refractivity contribution < 1.29 is 4.79 Å². The lowest BCUT2D eigenvalue weighted by atomic mass is 10.1. The first-order chi connectivity index (χ1) is 16.2. The summed E-state index contributed by atoms with van der Waals surface area (Å²) in [6.45, 7) is 1.71. The van der Waals surface area contributed by atoms with Crippen LogP contribution in [0, 0.1) is 0 Å². The molecular formula is C24H23N7OS. The number of nitrogens with one attached hydrogen (secondary N) is 1. The molecule has 4 aromatic rings. The minimum Gasteiger partial charge on any atom is -0.351 e. The molecule has 3 aromatic heterocycles. The molecule has 8 nitrogen and oxygen atoms in total. The van der Waals surface area contributed by atoms with Gasteiger partial charge in [0.05, 0.1) is 35.2 Å². The van der Waals surface area contributed by atoms with Crippen LogP contribution >= 0.6 is 11.3 Å². The van der Waals surface area contributed by atoms with Crippen LogP contribution < -0.4 is 5.32 Å². The molecule has 0 bridgehead atoms. The molecule has 1 amide bonds. The highest BCUT2D eigenvalue weighted by Gasteiger charge is 2.26. The van der Waals surface area contributed by atoms with Crippen molar-refractivity contribution in [2.45, 2.75) is 38.4 Å². The summed E-state index contributed by atoms with van der Waals surface area (Å²) in [4.78, 5) is 28.5. The normalized spacial score (nSPS) is 15.3. The first kappa shape index (κ1) is 20.0. The van der Waals surface area contributed by atoms with Crippen LogP contribution in [0.1, 0.15) is 38.4 Å². The number of amides is 1. The summed E-state index contributed by atoms with van der Waals surface area (Å²) in [5, 5.41) is 9.81. The van der Waals surface area contributed by atoms with E-state index in [0.29, 0.717) is 37.2 Å². The minimum absolute atomic E-state index is 0.0175. The Morgan fingerprint density at radius 2 is 1.97 bits per heavy atom. The van der Waals surface area contributed by atoms with Gasteiger partial charge in [-0.3, -0.25) is 9.48 Å². The average molecular weight is 458 g/mol. The predicted molar refractivity (Wildman–Crippen MR) is 125 cm³/mol. The molecule has 6 rings (SSSR count). The third-order valence-electron chi connectivity index (χ3n) is 6.29. The van der Waals surface area contributed by atoms with E-state index < -0.39 is 0 Å². The van der Waals surface area contributed by atoms with Crippen LogP contribution in [-0.2, 0) is 32.4 Å². The highest BCUT2D eigenvalue weighted by molar-refractivity contribution is 7.07. The van der Waals surface area contributed by atoms with Crippen LogP contribution in [0.3, 0.4) is 0 Å². The summed E-state index contributed by atoms with van der Waals surface area (Å²) >= 11 is 1.55. The van der Waals surface area contributed by atoms with Gasteiger partial charge in [-0.05, 0) is 24.0 Å². The molecule has 1 aromatic carbocycles. The molecule has 0 radical (unpaired) electrons. The van der Waals surface area contributed by atoms with Gasteiger partial charge in [0, 0.05) is 48.9 Å². The number of carbonyl (C=O) groups excluding carboxylic acids is 1. The molecule has 0 fully saturated rings. The van der Waals surface area contributed by atoms with Crippen LogP contribution in [0.25, 0.3) is 0 Å². The van der Waals surface area contributed by atoms with Crippen molar-refractivity contribution in [1.82, 2.24) is 29.6 Å². The molecule has 9 heteroatoms. The minimum atomic E-state index is -0.0175. The van der Waals surface area contributed by atoms with Crippen LogP contribution in [0.2, 0.25) is 0 Å². The van der Waals surface area contributed by atoms with E-state index in [-0.39, 0.29) is 5.91 Å². The van der Waals surface area contributed by atoms with Crippen LogP contribution in [0.5, 0.6) is 0 Å². The van der Waals surface area contributed by atoms with E-state index in [1.807, 2.05) is 16.5 Å². The molecule has 1 aliphatic heterocycles. The number of hydrogen-bond donors (Lipinski definition) is 1. The summed E-state index contributed by atoms with van der Waals surface area (Å²) in [5.74, 6) is 0.658. The van der Waals surface area contributed by atoms with Gasteiger partial charge in [-0.15, -0.1) is 11.3 Å². The largest absolute Gasteiger partial charge is 0.351 e. The maximum Gasteiger partial charge on any atom is 0.257 e. The van der Waals surface area contributed by atoms with Gasteiger partial charge in [0.1, 0.15) is 0 Å². The van der Waals surface area contributed by atoms with E-state index in [1.54, 1.807) is 33.9 Å². The molecule has 0 spiro atoms. The van der Waals surface area contributed by atoms with E-state index in [0.717, 1.165) is 36.2 Å². The number of carbonyl (C=O) groups is 1. The maximum atomic E-state index is 13.0. The van der Waals surface area contributed by atoms with Gasteiger partial charge < -0.3 is 10.2 Å². The molecule has 1 N–H and O–H groups in total. The number of thiazole rings is 1.